The van der Waals surface area contributed by atoms with Crippen molar-refractivity contribution in [1.29, 1.82) is 0 Å². The first-order valence-electron chi connectivity index (χ1n) is 11.0. The summed E-state index contributed by atoms with van der Waals surface area (Å²) in [5.74, 6) is 2.55. The average Bonchev–Trinajstić information content (AvgIpc) is 3.36. The van der Waals surface area contributed by atoms with Crippen molar-refractivity contribution in [3.63, 3.8) is 0 Å². The SMILES string of the molecule is COc1ccc(C[S@+]([O-])c2ccc(/C=C/C(=O)NC3=NC(c4ccc(OC)cc4)CS3)cc2)cc1. The fourth-order valence-corrected chi connectivity index (χ4v) is 5.50. The average molecular weight is 507 g/mol. The van der Waals surface area contributed by atoms with Gasteiger partial charge in [0.25, 0.3) is 0 Å². The molecule has 3 aromatic carbocycles. The van der Waals surface area contributed by atoms with Crippen molar-refractivity contribution in [1.82, 2.24) is 5.32 Å². The molecular weight excluding hydrogens is 480 g/mol. The number of amides is 1. The predicted octanol–water partition coefficient (Wildman–Crippen LogP) is 4.99. The van der Waals surface area contributed by atoms with Crippen LogP contribution in [0.25, 0.3) is 6.08 Å². The second kappa shape index (κ2) is 12.0. The molecule has 0 radical (unpaired) electrons. The van der Waals surface area contributed by atoms with Crippen LogP contribution in [-0.2, 0) is 21.7 Å². The van der Waals surface area contributed by atoms with E-state index < -0.39 is 11.2 Å². The maximum atomic E-state index is 12.7. The van der Waals surface area contributed by atoms with Gasteiger partial charge in [0.05, 0.1) is 20.3 Å². The molecule has 2 atom stereocenters. The third kappa shape index (κ3) is 6.91. The molecule has 1 aliphatic heterocycles. The first-order chi connectivity index (χ1) is 17.0. The number of carbonyl (C=O) groups excluding carboxylic acids is 1. The molecule has 0 spiro atoms. The van der Waals surface area contributed by atoms with Crippen LogP contribution in [0.2, 0.25) is 0 Å². The van der Waals surface area contributed by atoms with Crippen molar-refractivity contribution in [3.8, 4) is 11.5 Å². The molecule has 1 amide bonds. The Morgan fingerprint density at radius 1 is 1.03 bits per heavy atom. The largest absolute Gasteiger partial charge is 0.611 e. The van der Waals surface area contributed by atoms with Crippen LogP contribution in [0.5, 0.6) is 11.5 Å². The number of ether oxygens (including phenoxy) is 2. The summed E-state index contributed by atoms with van der Waals surface area (Å²) in [4.78, 5) is 17.7. The normalized spacial score (nSPS) is 16.1. The number of rotatable bonds is 8. The number of nitrogens with one attached hydrogen (secondary N) is 1. The number of hydrogen-bond acceptors (Lipinski definition) is 6. The van der Waals surface area contributed by atoms with Crippen LogP contribution in [0.15, 0.2) is 88.8 Å². The summed E-state index contributed by atoms with van der Waals surface area (Å²) >= 11 is 0.367. The van der Waals surface area contributed by atoms with E-state index in [9.17, 15) is 9.35 Å². The number of carbonyl (C=O) groups is 1. The third-order valence-electron chi connectivity index (χ3n) is 5.41. The minimum atomic E-state index is -1.16. The van der Waals surface area contributed by atoms with Crippen LogP contribution in [0.4, 0.5) is 0 Å². The zero-order valence-corrected chi connectivity index (χ0v) is 21.1. The second-order valence-corrected chi connectivity index (χ2v) is 10.2. The van der Waals surface area contributed by atoms with Gasteiger partial charge >= 0.3 is 0 Å². The molecule has 0 bridgehead atoms. The monoisotopic (exact) mass is 506 g/mol. The van der Waals surface area contributed by atoms with E-state index in [1.165, 1.54) is 17.8 Å². The number of nitrogens with zero attached hydrogens (tertiary/aromatic N) is 1. The standard InChI is InChI=1S/C27H26N2O4S2/c1-32-22-10-3-20(4-11-22)18-35(31)24-14-5-19(6-15-24)7-16-26(30)29-27-28-25(17-34-27)21-8-12-23(33-2)13-9-21/h3-16,25H,17-18H2,1-2H3,(H,28,29,30)/b16-7+/t25?,35-/m0/s1. The van der Waals surface area contributed by atoms with Crippen LogP contribution in [0.3, 0.4) is 0 Å². The van der Waals surface area contributed by atoms with Gasteiger partial charge in [-0.3, -0.25) is 9.79 Å². The Labute approximate surface area is 212 Å². The van der Waals surface area contributed by atoms with E-state index >= 15 is 0 Å². The lowest BCUT2D eigenvalue weighted by Gasteiger charge is -2.11. The van der Waals surface area contributed by atoms with E-state index in [1.54, 1.807) is 20.3 Å². The molecule has 35 heavy (non-hydrogen) atoms. The van der Waals surface area contributed by atoms with Crippen LogP contribution < -0.4 is 14.8 Å². The van der Waals surface area contributed by atoms with Gasteiger partial charge in [0.2, 0.25) is 5.91 Å². The van der Waals surface area contributed by atoms with Gasteiger partial charge in [-0.15, -0.1) is 0 Å². The summed E-state index contributed by atoms with van der Waals surface area (Å²) < 4.78 is 23.0. The van der Waals surface area contributed by atoms with Gasteiger partial charge < -0.3 is 19.3 Å². The number of methoxy groups -OCH3 is 2. The van der Waals surface area contributed by atoms with Crippen LogP contribution in [-0.4, -0.2) is 35.6 Å². The van der Waals surface area contributed by atoms with Crippen LogP contribution in [0.1, 0.15) is 22.7 Å². The highest BCUT2D eigenvalue weighted by atomic mass is 32.2. The summed E-state index contributed by atoms with van der Waals surface area (Å²) in [6.07, 6.45) is 3.21. The summed E-state index contributed by atoms with van der Waals surface area (Å²) in [6, 6.07) is 22.7. The summed E-state index contributed by atoms with van der Waals surface area (Å²) in [5, 5.41) is 3.46. The molecule has 1 aliphatic rings. The molecule has 8 heteroatoms. The Hall–Kier alpha value is -3.20. The van der Waals surface area contributed by atoms with E-state index in [2.05, 4.69) is 10.3 Å². The Morgan fingerprint density at radius 3 is 2.29 bits per heavy atom. The zero-order valence-electron chi connectivity index (χ0n) is 19.5. The lowest BCUT2D eigenvalue weighted by atomic mass is 10.1. The molecule has 0 aliphatic carbocycles. The molecular formula is C27H26N2O4S2. The Balaban J connectivity index is 1.29. The first kappa shape index (κ1) is 24.9. The minimum absolute atomic E-state index is 0.0107. The molecule has 0 fully saturated rings. The number of benzene rings is 3. The molecule has 0 saturated carbocycles. The smallest absolute Gasteiger partial charge is 0.249 e. The van der Waals surface area contributed by atoms with Gasteiger partial charge in [0.15, 0.2) is 10.1 Å². The first-order valence-corrected chi connectivity index (χ1v) is 13.3. The zero-order chi connectivity index (χ0) is 24.6. The second-order valence-electron chi connectivity index (χ2n) is 7.76. The Kier molecular flexibility index (Phi) is 8.52. The van der Waals surface area contributed by atoms with Gasteiger partial charge in [-0.25, -0.2) is 0 Å². The van der Waals surface area contributed by atoms with Gasteiger partial charge in [-0.05, 0) is 76.9 Å². The maximum absolute atomic E-state index is 12.7. The topological polar surface area (TPSA) is 83.0 Å². The van der Waals surface area contributed by atoms with Crippen molar-refractivity contribution in [2.75, 3.05) is 20.0 Å². The molecule has 1 unspecified atom stereocenters. The van der Waals surface area contributed by atoms with E-state index in [0.29, 0.717) is 10.9 Å². The molecule has 1 heterocycles. The third-order valence-corrected chi connectivity index (χ3v) is 7.77. The van der Waals surface area contributed by atoms with E-state index in [0.717, 1.165) is 38.8 Å². The number of thioether (sulfide) groups is 1. The molecule has 3 aromatic rings. The highest BCUT2D eigenvalue weighted by Crippen LogP contribution is 2.30. The minimum Gasteiger partial charge on any atom is -0.611 e. The molecule has 0 saturated heterocycles. The number of hydrogen-bond donors (Lipinski definition) is 1. The van der Waals surface area contributed by atoms with Crippen molar-refractivity contribution in [2.24, 2.45) is 4.99 Å². The van der Waals surface area contributed by atoms with Crippen molar-refractivity contribution < 1.29 is 18.8 Å². The van der Waals surface area contributed by atoms with Crippen molar-refractivity contribution in [2.45, 2.75) is 16.7 Å². The van der Waals surface area contributed by atoms with Crippen LogP contribution in [0, 0.1) is 0 Å². The summed E-state index contributed by atoms with van der Waals surface area (Å²) in [6.45, 7) is 0. The van der Waals surface area contributed by atoms with Crippen LogP contribution >= 0.6 is 11.8 Å². The van der Waals surface area contributed by atoms with E-state index in [4.69, 9.17) is 9.47 Å². The Bertz CT molecular complexity index is 1190. The van der Waals surface area contributed by atoms with Crippen molar-refractivity contribution >= 4 is 40.1 Å². The van der Waals surface area contributed by atoms with Gasteiger partial charge in [0, 0.05) is 17.4 Å². The lowest BCUT2D eigenvalue weighted by Crippen LogP contribution is -2.25. The molecule has 6 nitrogen and oxygen atoms in total. The van der Waals surface area contributed by atoms with Crippen molar-refractivity contribution in [3.05, 3.63) is 95.6 Å². The number of aliphatic imine (C=N–C) groups is 1. The molecule has 4 rings (SSSR count). The predicted molar refractivity (Wildman–Crippen MR) is 142 cm³/mol. The summed E-state index contributed by atoms with van der Waals surface area (Å²) in [5.41, 5.74) is 2.91. The molecule has 1 N–H and O–H groups in total. The maximum Gasteiger partial charge on any atom is 0.249 e. The highest BCUT2D eigenvalue weighted by molar-refractivity contribution is 8.14. The fraction of sp³-hybridized carbons (Fsp3) is 0.185. The van der Waals surface area contributed by atoms with Gasteiger partial charge in [0.1, 0.15) is 17.3 Å². The molecule has 0 aromatic heterocycles. The molecule has 180 valence electrons. The lowest BCUT2D eigenvalue weighted by molar-refractivity contribution is -0.115. The van der Waals surface area contributed by atoms with E-state index in [1.807, 2.05) is 72.8 Å². The quantitative estimate of drug-likeness (QED) is 0.344. The van der Waals surface area contributed by atoms with Gasteiger partial charge in [-0.1, -0.05) is 36.0 Å². The number of amidine groups is 1. The fourth-order valence-electron chi connectivity index (χ4n) is 3.45. The Morgan fingerprint density at radius 2 is 1.66 bits per heavy atom. The van der Waals surface area contributed by atoms with E-state index in [-0.39, 0.29) is 11.9 Å². The van der Waals surface area contributed by atoms with Gasteiger partial charge in [-0.2, -0.15) is 0 Å². The summed E-state index contributed by atoms with van der Waals surface area (Å²) in [7, 11) is 3.26. The highest BCUT2D eigenvalue weighted by Gasteiger charge is 2.21.